The van der Waals surface area contributed by atoms with E-state index in [1.807, 2.05) is 0 Å². The Balaban J connectivity index is 2.63. The van der Waals surface area contributed by atoms with E-state index in [9.17, 15) is 14.4 Å². The molecule has 2 amide bonds. The standard InChI is InChI=1S/C18H26N2O3/c1-5-6-7-12-19-16(22)18(3,4)17(23)20-15-10-8-14(9-11-15)13(2)21/h8-11H,5-7,12H2,1-4H3,(H,19,22)(H,20,23). The number of benzene rings is 1. The lowest BCUT2D eigenvalue weighted by atomic mass is 9.91. The minimum Gasteiger partial charge on any atom is -0.355 e. The molecule has 0 unspecified atom stereocenters. The predicted molar refractivity (Wildman–Crippen MR) is 91.4 cm³/mol. The van der Waals surface area contributed by atoms with Gasteiger partial charge >= 0.3 is 0 Å². The summed E-state index contributed by atoms with van der Waals surface area (Å²) in [4.78, 5) is 35.8. The van der Waals surface area contributed by atoms with Gasteiger partial charge in [-0.05, 0) is 51.5 Å². The van der Waals surface area contributed by atoms with E-state index in [2.05, 4.69) is 17.6 Å². The number of rotatable bonds is 8. The molecule has 0 spiro atoms. The molecule has 0 aromatic heterocycles. The van der Waals surface area contributed by atoms with E-state index in [1.165, 1.54) is 6.92 Å². The van der Waals surface area contributed by atoms with Crippen molar-refractivity contribution in [3.63, 3.8) is 0 Å². The number of carbonyl (C=O) groups is 3. The first-order valence-corrected chi connectivity index (χ1v) is 7.99. The Kier molecular flexibility index (Phi) is 6.94. The van der Waals surface area contributed by atoms with Gasteiger partial charge in [-0.3, -0.25) is 14.4 Å². The normalized spacial score (nSPS) is 11.0. The van der Waals surface area contributed by atoms with E-state index in [0.717, 1.165) is 19.3 Å². The summed E-state index contributed by atoms with van der Waals surface area (Å²) in [5, 5.41) is 5.52. The third-order valence-corrected chi connectivity index (χ3v) is 3.75. The van der Waals surface area contributed by atoms with E-state index >= 15 is 0 Å². The molecular weight excluding hydrogens is 292 g/mol. The van der Waals surface area contributed by atoms with Crippen molar-refractivity contribution in [1.29, 1.82) is 0 Å². The molecule has 1 rings (SSSR count). The van der Waals surface area contributed by atoms with Crippen LogP contribution in [-0.4, -0.2) is 24.1 Å². The second-order valence-corrected chi connectivity index (χ2v) is 6.18. The third kappa shape index (κ3) is 5.51. The second kappa shape index (κ2) is 8.46. The molecule has 2 N–H and O–H groups in total. The fourth-order valence-corrected chi connectivity index (χ4v) is 1.98. The molecule has 0 aliphatic carbocycles. The Morgan fingerprint density at radius 3 is 2.13 bits per heavy atom. The Morgan fingerprint density at radius 1 is 1.00 bits per heavy atom. The van der Waals surface area contributed by atoms with Crippen molar-refractivity contribution in [2.45, 2.75) is 47.0 Å². The van der Waals surface area contributed by atoms with Gasteiger partial charge < -0.3 is 10.6 Å². The van der Waals surface area contributed by atoms with Crippen LogP contribution in [0, 0.1) is 5.41 Å². The van der Waals surface area contributed by atoms with Gasteiger partial charge in [-0.25, -0.2) is 0 Å². The Hall–Kier alpha value is -2.17. The number of nitrogens with one attached hydrogen (secondary N) is 2. The SMILES string of the molecule is CCCCCNC(=O)C(C)(C)C(=O)Nc1ccc(C(C)=O)cc1. The maximum atomic E-state index is 12.3. The van der Waals surface area contributed by atoms with E-state index in [-0.39, 0.29) is 17.6 Å². The lowest BCUT2D eigenvalue weighted by molar-refractivity contribution is -0.138. The van der Waals surface area contributed by atoms with Crippen LogP contribution in [0.4, 0.5) is 5.69 Å². The van der Waals surface area contributed by atoms with Crippen LogP contribution in [-0.2, 0) is 9.59 Å². The summed E-state index contributed by atoms with van der Waals surface area (Å²) in [5.74, 6) is -0.692. The molecule has 1 aromatic rings. The van der Waals surface area contributed by atoms with Crippen LogP contribution in [0.2, 0.25) is 0 Å². The van der Waals surface area contributed by atoms with Gasteiger partial charge in [0, 0.05) is 17.8 Å². The van der Waals surface area contributed by atoms with Crippen LogP contribution in [0.3, 0.4) is 0 Å². The largest absolute Gasteiger partial charge is 0.355 e. The van der Waals surface area contributed by atoms with Gasteiger partial charge in [0.2, 0.25) is 11.8 Å². The number of hydrogen-bond acceptors (Lipinski definition) is 3. The van der Waals surface area contributed by atoms with Crippen LogP contribution >= 0.6 is 0 Å². The number of anilines is 1. The van der Waals surface area contributed by atoms with Crippen LogP contribution in [0.15, 0.2) is 24.3 Å². The molecule has 0 saturated carbocycles. The summed E-state index contributed by atoms with van der Waals surface area (Å²) in [5.41, 5.74) is -0.0198. The van der Waals surface area contributed by atoms with Crippen LogP contribution < -0.4 is 10.6 Å². The highest BCUT2D eigenvalue weighted by Gasteiger charge is 2.35. The smallest absolute Gasteiger partial charge is 0.239 e. The molecule has 0 aliphatic rings. The van der Waals surface area contributed by atoms with Gasteiger partial charge in [0.15, 0.2) is 5.78 Å². The number of ketones is 1. The second-order valence-electron chi connectivity index (χ2n) is 6.18. The van der Waals surface area contributed by atoms with Gasteiger partial charge in [0.05, 0.1) is 0 Å². The summed E-state index contributed by atoms with van der Waals surface area (Å²) < 4.78 is 0. The minimum absolute atomic E-state index is 0.0327. The molecule has 23 heavy (non-hydrogen) atoms. The van der Waals surface area contributed by atoms with Crippen molar-refractivity contribution in [1.82, 2.24) is 5.32 Å². The molecule has 5 heteroatoms. The summed E-state index contributed by atoms with van der Waals surface area (Å²) in [6.07, 6.45) is 3.04. The van der Waals surface area contributed by atoms with Gasteiger partial charge in [-0.1, -0.05) is 19.8 Å². The van der Waals surface area contributed by atoms with Crippen molar-refractivity contribution in [2.75, 3.05) is 11.9 Å². The molecule has 0 heterocycles. The molecule has 0 aliphatic heterocycles. The zero-order valence-corrected chi connectivity index (χ0v) is 14.4. The molecule has 1 aromatic carbocycles. The van der Waals surface area contributed by atoms with Crippen molar-refractivity contribution in [2.24, 2.45) is 5.41 Å². The van der Waals surface area contributed by atoms with E-state index in [4.69, 9.17) is 0 Å². The van der Waals surface area contributed by atoms with Crippen molar-refractivity contribution < 1.29 is 14.4 Å². The number of unbranched alkanes of at least 4 members (excludes halogenated alkanes) is 2. The van der Waals surface area contributed by atoms with Crippen molar-refractivity contribution in [3.8, 4) is 0 Å². The van der Waals surface area contributed by atoms with Gasteiger partial charge in [-0.15, -0.1) is 0 Å². The zero-order valence-electron chi connectivity index (χ0n) is 14.4. The topological polar surface area (TPSA) is 75.3 Å². The fraction of sp³-hybridized carbons (Fsp3) is 0.500. The zero-order chi connectivity index (χ0) is 17.5. The molecule has 126 valence electrons. The Morgan fingerprint density at radius 2 is 1.61 bits per heavy atom. The van der Waals surface area contributed by atoms with Crippen molar-refractivity contribution >= 4 is 23.3 Å². The number of hydrogen-bond donors (Lipinski definition) is 2. The lowest BCUT2D eigenvalue weighted by Gasteiger charge is -2.22. The highest BCUT2D eigenvalue weighted by atomic mass is 16.2. The first-order valence-electron chi connectivity index (χ1n) is 7.99. The van der Waals surface area contributed by atoms with Gasteiger partial charge in [0.1, 0.15) is 5.41 Å². The maximum Gasteiger partial charge on any atom is 0.239 e. The van der Waals surface area contributed by atoms with E-state index < -0.39 is 5.41 Å². The van der Waals surface area contributed by atoms with Gasteiger partial charge in [-0.2, -0.15) is 0 Å². The van der Waals surface area contributed by atoms with E-state index in [0.29, 0.717) is 17.8 Å². The highest BCUT2D eigenvalue weighted by molar-refractivity contribution is 6.10. The molecular formula is C18H26N2O3. The lowest BCUT2D eigenvalue weighted by Crippen LogP contribution is -2.45. The molecule has 0 atom stereocenters. The van der Waals surface area contributed by atoms with Crippen LogP contribution in [0.5, 0.6) is 0 Å². The number of amides is 2. The summed E-state index contributed by atoms with van der Waals surface area (Å²) >= 11 is 0. The molecule has 0 saturated heterocycles. The quantitative estimate of drug-likeness (QED) is 0.439. The highest BCUT2D eigenvalue weighted by Crippen LogP contribution is 2.19. The van der Waals surface area contributed by atoms with Crippen LogP contribution in [0.1, 0.15) is 57.3 Å². The third-order valence-electron chi connectivity index (χ3n) is 3.75. The maximum absolute atomic E-state index is 12.3. The monoisotopic (exact) mass is 318 g/mol. The number of carbonyl (C=O) groups excluding carboxylic acids is 3. The van der Waals surface area contributed by atoms with Crippen LogP contribution in [0.25, 0.3) is 0 Å². The summed E-state index contributed by atoms with van der Waals surface area (Å²) in [6, 6.07) is 6.61. The number of Topliss-reactive ketones (excluding diaryl/α,β-unsaturated/α-hetero) is 1. The molecule has 0 radical (unpaired) electrons. The average molecular weight is 318 g/mol. The summed E-state index contributed by atoms with van der Waals surface area (Å²) in [6.45, 7) is 7.36. The summed E-state index contributed by atoms with van der Waals surface area (Å²) in [7, 11) is 0. The van der Waals surface area contributed by atoms with E-state index in [1.54, 1.807) is 38.1 Å². The first-order chi connectivity index (χ1) is 10.8. The van der Waals surface area contributed by atoms with Crippen molar-refractivity contribution in [3.05, 3.63) is 29.8 Å². The predicted octanol–water partition coefficient (Wildman–Crippen LogP) is 3.16. The molecule has 0 bridgehead atoms. The Bertz CT molecular complexity index is 562. The minimum atomic E-state index is -1.16. The molecule has 5 nitrogen and oxygen atoms in total. The molecule has 0 fully saturated rings. The fourth-order valence-electron chi connectivity index (χ4n) is 1.98. The Labute approximate surface area is 137 Å². The first kappa shape index (κ1) is 18.9. The van der Waals surface area contributed by atoms with Gasteiger partial charge in [0.25, 0.3) is 0 Å². The average Bonchev–Trinajstić information content (AvgIpc) is 2.51.